The fourth-order valence-electron chi connectivity index (χ4n) is 2.36. The summed E-state index contributed by atoms with van der Waals surface area (Å²) in [7, 11) is 0. The first-order valence-electron chi connectivity index (χ1n) is 6.41. The van der Waals surface area contributed by atoms with E-state index in [1.807, 2.05) is 12.1 Å². The first kappa shape index (κ1) is 14.1. The quantitative estimate of drug-likeness (QED) is 0.900. The van der Waals surface area contributed by atoms with Gasteiger partial charge in [0.1, 0.15) is 4.88 Å². The van der Waals surface area contributed by atoms with Crippen molar-refractivity contribution in [1.29, 1.82) is 0 Å². The highest BCUT2D eigenvalue weighted by molar-refractivity contribution is 7.12. The Morgan fingerprint density at radius 2 is 1.86 bits per heavy atom. The first-order chi connectivity index (χ1) is 10.0. The number of aromatic carboxylic acids is 1. The van der Waals surface area contributed by atoms with Crippen molar-refractivity contribution in [2.75, 3.05) is 5.32 Å². The van der Waals surface area contributed by atoms with Crippen molar-refractivity contribution in [2.24, 2.45) is 0 Å². The van der Waals surface area contributed by atoms with Crippen molar-refractivity contribution in [2.45, 2.75) is 18.3 Å². The number of thiophene rings is 1. The molecule has 2 N–H and O–H groups in total. The summed E-state index contributed by atoms with van der Waals surface area (Å²) in [5, 5.41) is 14.1. The largest absolute Gasteiger partial charge is 0.477 e. The second-order valence-electron chi connectivity index (χ2n) is 5.01. The standard InChI is InChI=1S/C15H12ClNO3S/c16-10-3-1-9(2-4-10)15(6-7-15)14(20)17-11-5-8-21-12(11)13(18)19/h1-5,8H,6-7H2,(H,17,20)(H,18,19). The van der Waals surface area contributed by atoms with Gasteiger partial charge < -0.3 is 10.4 Å². The molecule has 0 aliphatic heterocycles. The monoisotopic (exact) mass is 321 g/mol. The third kappa shape index (κ3) is 2.54. The van der Waals surface area contributed by atoms with Crippen molar-refractivity contribution >= 4 is 40.5 Å². The first-order valence-corrected chi connectivity index (χ1v) is 7.67. The molecule has 1 aliphatic rings. The fourth-order valence-corrected chi connectivity index (χ4v) is 3.17. The molecular weight excluding hydrogens is 310 g/mol. The molecular formula is C15H12ClNO3S. The van der Waals surface area contributed by atoms with Crippen LogP contribution in [-0.4, -0.2) is 17.0 Å². The maximum Gasteiger partial charge on any atom is 0.348 e. The van der Waals surface area contributed by atoms with Crippen LogP contribution in [0, 0.1) is 0 Å². The highest BCUT2D eigenvalue weighted by Crippen LogP contribution is 2.49. The average Bonchev–Trinajstić information content (AvgIpc) is 3.13. The van der Waals surface area contributed by atoms with Crippen molar-refractivity contribution in [3.05, 3.63) is 51.2 Å². The Morgan fingerprint density at radius 1 is 1.19 bits per heavy atom. The van der Waals surface area contributed by atoms with E-state index in [1.165, 1.54) is 0 Å². The molecule has 1 aromatic heterocycles. The van der Waals surface area contributed by atoms with Crippen LogP contribution < -0.4 is 5.32 Å². The van der Waals surface area contributed by atoms with E-state index in [4.69, 9.17) is 16.7 Å². The van der Waals surface area contributed by atoms with E-state index >= 15 is 0 Å². The molecule has 1 fully saturated rings. The number of carbonyl (C=O) groups excluding carboxylic acids is 1. The summed E-state index contributed by atoms with van der Waals surface area (Å²) in [4.78, 5) is 23.8. The zero-order valence-corrected chi connectivity index (χ0v) is 12.5. The molecule has 2 aromatic rings. The maximum atomic E-state index is 12.5. The number of carboxylic acids is 1. The molecule has 0 saturated heterocycles. The molecule has 3 rings (SSSR count). The highest BCUT2D eigenvalue weighted by atomic mass is 35.5. The Kier molecular flexibility index (Phi) is 3.47. The Morgan fingerprint density at radius 3 is 2.43 bits per heavy atom. The topological polar surface area (TPSA) is 66.4 Å². The van der Waals surface area contributed by atoms with Gasteiger partial charge in [-0.2, -0.15) is 0 Å². The second kappa shape index (κ2) is 5.16. The summed E-state index contributed by atoms with van der Waals surface area (Å²) in [6.07, 6.45) is 1.51. The van der Waals surface area contributed by atoms with Gasteiger partial charge in [0.25, 0.3) is 0 Å². The number of nitrogens with one attached hydrogen (secondary N) is 1. The van der Waals surface area contributed by atoms with Crippen LogP contribution in [0.1, 0.15) is 28.1 Å². The number of rotatable bonds is 4. The zero-order chi connectivity index (χ0) is 15.0. The van der Waals surface area contributed by atoms with Crippen LogP contribution in [-0.2, 0) is 10.2 Å². The van der Waals surface area contributed by atoms with Gasteiger partial charge in [0.15, 0.2) is 0 Å². The molecule has 21 heavy (non-hydrogen) atoms. The van der Waals surface area contributed by atoms with Crippen LogP contribution in [0.4, 0.5) is 5.69 Å². The lowest BCUT2D eigenvalue weighted by atomic mass is 9.95. The summed E-state index contributed by atoms with van der Waals surface area (Å²) >= 11 is 6.96. The van der Waals surface area contributed by atoms with Crippen LogP contribution in [0.25, 0.3) is 0 Å². The molecule has 4 nitrogen and oxygen atoms in total. The molecule has 1 aromatic carbocycles. The van der Waals surface area contributed by atoms with Crippen LogP contribution in [0.5, 0.6) is 0 Å². The summed E-state index contributed by atoms with van der Waals surface area (Å²) in [6.45, 7) is 0. The van der Waals surface area contributed by atoms with Crippen molar-refractivity contribution < 1.29 is 14.7 Å². The van der Waals surface area contributed by atoms with E-state index in [2.05, 4.69) is 5.32 Å². The third-order valence-electron chi connectivity index (χ3n) is 3.69. The van der Waals surface area contributed by atoms with E-state index < -0.39 is 11.4 Å². The Balaban J connectivity index is 1.83. The lowest BCUT2D eigenvalue weighted by molar-refractivity contribution is -0.118. The molecule has 1 aliphatic carbocycles. The number of carbonyl (C=O) groups is 2. The van der Waals surface area contributed by atoms with E-state index in [0.29, 0.717) is 10.7 Å². The third-order valence-corrected chi connectivity index (χ3v) is 4.84. The number of hydrogen-bond acceptors (Lipinski definition) is 3. The number of carboxylic acid groups (broad SMARTS) is 1. The van der Waals surface area contributed by atoms with Gasteiger partial charge in [-0.3, -0.25) is 4.79 Å². The average molecular weight is 322 g/mol. The molecule has 1 heterocycles. The molecule has 1 saturated carbocycles. The summed E-state index contributed by atoms with van der Waals surface area (Å²) in [5.41, 5.74) is 0.719. The minimum Gasteiger partial charge on any atom is -0.477 e. The second-order valence-corrected chi connectivity index (χ2v) is 6.36. The fraction of sp³-hybridized carbons (Fsp3) is 0.200. The molecule has 0 radical (unpaired) electrons. The van der Waals surface area contributed by atoms with Gasteiger partial charge >= 0.3 is 5.97 Å². The van der Waals surface area contributed by atoms with E-state index in [1.54, 1.807) is 23.6 Å². The lowest BCUT2D eigenvalue weighted by Crippen LogP contribution is -2.28. The van der Waals surface area contributed by atoms with Gasteiger partial charge in [0.05, 0.1) is 11.1 Å². The molecule has 6 heteroatoms. The van der Waals surface area contributed by atoms with Crippen LogP contribution in [0.3, 0.4) is 0 Å². The normalized spacial score (nSPS) is 15.5. The number of anilines is 1. The van der Waals surface area contributed by atoms with E-state index in [9.17, 15) is 9.59 Å². The smallest absolute Gasteiger partial charge is 0.348 e. The van der Waals surface area contributed by atoms with Crippen molar-refractivity contribution in [3.63, 3.8) is 0 Å². The predicted molar refractivity (Wildman–Crippen MR) is 82.3 cm³/mol. The Labute approximate surface area is 130 Å². The predicted octanol–water partition coefficient (Wildman–Crippen LogP) is 3.77. The molecule has 0 bridgehead atoms. The van der Waals surface area contributed by atoms with Crippen LogP contribution >= 0.6 is 22.9 Å². The maximum absolute atomic E-state index is 12.5. The Bertz CT molecular complexity index is 704. The number of hydrogen-bond donors (Lipinski definition) is 2. The Hall–Kier alpha value is -1.85. The van der Waals surface area contributed by atoms with E-state index in [0.717, 1.165) is 29.7 Å². The van der Waals surface area contributed by atoms with Crippen LogP contribution in [0.2, 0.25) is 5.02 Å². The highest BCUT2D eigenvalue weighted by Gasteiger charge is 2.51. The lowest BCUT2D eigenvalue weighted by Gasteiger charge is -2.15. The molecule has 0 unspecified atom stereocenters. The van der Waals surface area contributed by atoms with Gasteiger partial charge in [0.2, 0.25) is 5.91 Å². The minimum absolute atomic E-state index is 0.148. The SMILES string of the molecule is O=C(O)c1sccc1NC(=O)C1(c2ccc(Cl)cc2)CC1. The molecule has 0 spiro atoms. The zero-order valence-electron chi connectivity index (χ0n) is 10.9. The van der Waals surface area contributed by atoms with Gasteiger partial charge in [-0.05, 0) is 42.0 Å². The minimum atomic E-state index is -1.03. The van der Waals surface area contributed by atoms with Gasteiger partial charge in [-0.25, -0.2) is 4.79 Å². The van der Waals surface area contributed by atoms with Crippen molar-refractivity contribution in [1.82, 2.24) is 0 Å². The summed E-state index contributed by atoms with van der Waals surface area (Å²) < 4.78 is 0. The van der Waals surface area contributed by atoms with Gasteiger partial charge in [-0.15, -0.1) is 11.3 Å². The van der Waals surface area contributed by atoms with Gasteiger partial charge in [0, 0.05) is 5.02 Å². The molecule has 108 valence electrons. The number of halogens is 1. The number of benzene rings is 1. The summed E-state index contributed by atoms with van der Waals surface area (Å²) in [5.74, 6) is -1.19. The van der Waals surface area contributed by atoms with E-state index in [-0.39, 0.29) is 10.8 Å². The number of amides is 1. The summed E-state index contributed by atoms with van der Waals surface area (Å²) in [6, 6.07) is 8.83. The molecule has 1 amide bonds. The van der Waals surface area contributed by atoms with Crippen molar-refractivity contribution in [3.8, 4) is 0 Å². The molecule has 0 atom stereocenters. The van der Waals surface area contributed by atoms with Crippen LogP contribution in [0.15, 0.2) is 35.7 Å². The van der Waals surface area contributed by atoms with Gasteiger partial charge in [-0.1, -0.05) is 23.7 Å².